The van der Waals surface area contributed by atoms with Crippen LogP contribution in [0.4, 0.5) is 13.2 Å². The van der Waals surface area contributed by atoms with Gasteiger partial charge in [0, 0.05) is 22.7 Å². The van der Waals surface area contributed by atoms with Crippen molar-refractivity contribution in [2.75, 3.05) is 5.75 Å². The molecule has 0 bridgehead atoms. The summed E-state index contributed by atoms with van der Waals surface area (Å²) < 4.78 is 37.9. The van der Waals surface area contributed by atoms with E-state index in [1.807, 2.05) is 23.9 Å². The number of halogens is 3. The van der Waals surface area contributed by atoms with E-state index in [0.29, 0.717) is 18.9 Å². The van der Waals surface area contributed by atoms with Gasteiger partial charge in [-0.05, 0) is 37.3 Å². The highest BCUT2D eigenvalue weighted by molar-refractivity contribution is 7.99. The first-order chi connectivity index (χ1) is 9.54. The molecule has 20 heavy (non-hydrogen) atoms. The number of nitrogens with one attached hydrogen (secondary N) is 1. The maximum atomic E-state index is 12.6. The van der Waals surface area contributed by atoms with Gasteiger partial charge in [0.15, 0.2) is 0 Å². The van der Waals surface area contributed by atoms with Gasteiger partial charge in [0.05, 0.1) is 5.92 Å². The summed E-state index contributed by atoms with van der Waals surface area (Å²) in [5.74, 6) is -0.107. The number of hydrogen-bond acceptors (Lipinski definition) is 2. The second-order valence-electron chi connectivity index (χ2n) is 5.66. The van der Waals surface area contributed by atoms with Gasteiger partial charge in [-0.3, -0.25) is 0 Å². The summed E-state index contributed by atoms with van der Waals surface area (Å²) in [6.07, 6.45) is -2.22. The van der Waals surface area contributed by atoms with Gasteiger partial charge in [0.2, 0.25) is 0 Å². The maximum Gasteiger partial charge on any atom is 0.391 e. The second-order valence-corrected chi connectivity index (χ2v) is 6.72. The predicted octanol–water partition coefficient (Wildman–Crippen LogP) is 4.54. The van der Waals surface area contributed by atoms with Crippen molar-refractivity contribution < 1.29 is 13.2 Å². The smallest absolute Gasteiger partial charge is 0.306 e. The Hall–Kier alpha value is -0.680. The highest BCUT2D eigenvalue weighted by atomic mass is 32.2. The summed E-state index contributed by atoms with van der Waals surface area (Å²) in [7, 11) is 0. The first kappa shape index (κ1) is 14.3. The van der Waals surface area contributed by atoms with Gasteiger partial charge in [0.25, 0.3) is 0 Å². The van der Waals surface area contributed by atoms with Crippen LogP contribution in [0.1, 0.15) is 37.3 Å². The fourth-order valence-electron chi connectivity index (χ4n) is 3.17. The molecule has 0 spiro atoms. The standard InChI is InChI=1S/C15H18F3NS/c16-15(17,18)10-5-7-11(8-6-10)19-13-9-20-14-4-2-1-3-12(13)14/h1-4,10-11,13,19H,5-9H2. The van der Waals surface area contributed by atoms with E-state index >= 15 is 0 Å². The zero-order valence-corrected chi connectivity index (χ0v) is 11.9. The zero-order valence-electron chi connectivity index (χ0n) is 11.1. The van der Waals surface area contributed by atoms with Crippen LogP contribution in [0, 0.1) is 5.92 Å². The average Bonchev–Trinajstić information content (AvgIpc) is 2.82. The zero-order chi connectivity index (χ0) is 14.2. The summed E-state index contributed by atoms with van der Waals surface area (Å²) in [6, 6.07) is 8.81. The van der Waals surface area contributed by atoms with Crippen molar-refractivity contribution in [1.82, 2.24) is 5.32 Å². The largest absolute Gasteiger partial charge is 0.391 e. The molecule has 0 radical (unpaired) electrons. The molecule has 1 aromatic rings. The summed E-state index contributed by atoms with van der Waals surface area (Å²) in [5, 5.41) is 3.56. The Morgan fingerprint density at radius 2 is 1.75 bits per heavy atom. The Kier molecular flexibility index (Phi) is 4.00. The van der Waals surface area contributed by atoms with Crippen molar-refractivity contribution in [3.05, 3.63) is 29.8 Å². The molecule has 1 atom stereocenters. The lowest BCUT2D eigenvalue weighted by molar-refractivity contribution is -0.182. The van der Waals surface area contributed by atoms with Crippen LogP contribution in [0.3, 0.4) is 0 Å². The van der Waals surface area contributed by atoms with Crippen LogP contribution in [-0.2, 0) is 0 Å². The molecule has 1 aliphatic heterocycles. The Bertz CT molecular complexity index is 466. The van der Waals surface area contributed by atoms with Crippen molar-refractivity contribution in [1.29, 1.82) is 0 Å². The van der Waals surface area contributed by atoms with E-state index in [1.54, 1.807) is 0 Å². The number of alkyl halides is 3. The van der Waals surface area contributed by atoms with Crippen molar-refractivity contribution in [2.24, 2.45) is 5.92 Å². The van der Waals surface area contributed by atoms with Crippen LogP contribution in [0.15, 0.2) is 29.2 Å². The normalized spacial score (nSPS) is 30.2. The van der Waals surface area contributed by atoms with E-state index in [4.69, 9.17) is 0 Å². The van der Waals surface area contributed by atoms with E-state index in [2.05, 4.69) is 17.4 Å². The fourth-order valence-corrected chi connectivity index (χ4v) is 4.35. The van der Waals surface area contributed by atoms with Crippen molar-refractivity contribution in [3.63, 3.8) is 0 Å². The van der Waals surface area contributed by atoms with Crippen LogP contribution >= 0.6 is 11.8 Å². The minimum Gasteiger partial charge on any atom is -0.306 e. The van der Waals surface area contributed by atoms with Gasteiger partial charge in [-0.15, -0.1) is 11.8 Å². The highest BCUT2D eigenvalue weighted by Crippen LogP contribution is 2.41. The molecule has 1 unspecified atom stereocenters. The lowest BCUT2D eigenvalue weighted by Gasteiger charge is -2.32. The average molecular weight is 301 g/mol. The van der Waals surface area contributed by atoms with Crippen molar-refractivity contribution >= 4 is 11.8 Å². The van der Waals surface area contributed by atoms with E-state index in [0.717, 1.165) is 5.75 Å². The minimum atomic E-state index is -4.01. The summed E-state index contributed by atoms with van der Waals surface area (Å²) >= 11 is 1.83. The van der Waals surface area contributed by atoms with Gasteiger partial charge < -0.3 is 5.32 Å². The van der Waals surface area contributed by atoms with Gasteiger partial charge in [-0.2, -0.15) is 13.2 Å². The molecule has 1 aliphatic carbocycles. The first-order valence-corrected chi connectivity index (χ1v) is 8.07. The molecule has 1 aromatic carbocycles. The highest BCUT2D eigenvalue weighted by Gasteiger charge is 2.41. The molecule has 1 saturated carbocycles. The Labute approximate surface area is 121 Å². The molecule has 1 nitrogen and oxygen atoms in total. The predicted molar refractivity (Wildman–Crippen MR) is 74.8 cm³/mol. The van der Waals surface area contributed by atoms with Crippen LogP contribution in [-0.4, -0.2) is 18.0 Å². The lowest BCUT2D eigenvalue weighted by atomic mass is 9.85. The maximum absolute atomic E-state index is 12.6. The molecule has 3 rings (SSSR count). The van der Waals surface area contributed by atoms with Crippen LogP contribution in [0.25, 0.3) is 0 Å². The molecule has 1 N–H and O–H groups in total. The lowest BCUT2D eigenvalue weighted by Crippen LogP contribution is -2.38. The van der Waals surface area contributed by atoms with E-state index in [1.165, 1.54) is 10.5 Å². The fraction of sp³-hybridized carbons (Fsp3) is 0.600. The second kappa shape index (κ2) is 5.60. The molecule has 0 saturated heterocycles. The van der Waals surface area contributed by atoms with Crippen molar-refractivity contribution in [3.8, 4) is 0 Å². The Morgan fingerprint density at radius 1 is 1.05 bits per heavy atom. The minimum absolute atomic E-state index is 0.227. The van der Waals surface area contributed by atoms with Crippen LogP contribution in [0.2, 0.25) is 0 Å². The third kappa shape index (κ3) is 2.98. The summed E-state index contributed by atoms with van der Waals surface area (Å²) in [4.78, 5) is 1.30. The summed E-state index contributed by atoms with van der Waals surface area (Å²) in [6.45, 7) is 0. The van der Waals surface area contributed by atoms with Crippen molar-refractivity contribution in [2.45, 2.75) is 48.8 Å². The monoisotopic (exact) mass is 301 g/mol. The molecule has 110 valence electrons. The topological polar surface area (TPSA) is 12.0 Å². The quantitative estimate of drug-likeness (QED) is 0.860. The number of hydrogen-bond donors (Lipinski definition) is 1. The number of rotatable bonds is 2. The number of fused-ring (bicyclic) bond motifs is 1. The van der Waals surface area contributed by atoms with Gasteiger partial charge in [-0.1, -0.05) is 18.2 Å². The third-order valence-electron chi connectivity index (χ3n) is 4.33. The molecule has 0 aromatic heterocycles. The van der Waals surface area contributed by atoms with Gasteiger partial charge in [-0.25, -0.2) is 0 Å². The first-order valence-electron chi connectivity index (χ1n) is 7.08. The van der Waals surface area contributed by atoms with E-state index in [-0.39, 0.29) is 18.9 Å². The van der Waals surface area contributed by atoms with E-state index in [9.17, 15) is 13.2 Å². The van der Waals surface area contributed by atoms with Crippen LogP contribution in [0.5, 0.6) is 0 Å². The summed E-state index contributed by atoms with van der Waals surface area (Å²) in [5.41, 5.74) is 1.30. The molecular formula is C15H18F3NS. The number of thioether (sulfide) groups is 1. The van der Waals surface area contributed by atoms with E-state index < -0.39 is 12.1 Å². The molecule has 5 heteroatoms. The third-order valence-corrected chi connectivity index (χ3v) is 5.51. The SMILES string of the molecule is FC(F)(F)C1CCC(NC2CSc3ccccc32)CC1. The molecule has 1 fully saturated rings. The van der Waals surface area contributed by atoms with Gasteiger partial charge in [0.1, 0.15) is 0 Å². The van der Waals surface area contributed by atoms with Gasteiger partial charge >= 0.3 is 6.18 Å². The molecule has 2 aliphatic rings. The number of benzene rings is 1. The Morgan fingerprint density at radius 3 is 2.45 bits per heavy atom. The van der Waals surface area contributed by atoms with Crippen LogP contribution < -0.4 is 5.32 Å². The molecule has 1 heterocycles. The molecule has 0 amide bonds. The molecular weight excluding hydrogens is 283 g/mol. The Balaban J connectivity index is 1.56.